The predicted molar refractivity (Wildman–Crippen MR) is 103 cm³/mol. The molecule has 0 spiro atoms. The van der Waals surface area contributed by atoms with Gasteiger partial charge in [0, 0.05) is 6.92 Å². The highest BCUT2D eigenvalue weighted by Crippen LogP contribution is 2.43. The van der Waals surface area contributed by atoms with E-state index in [2.05, 4.69) is 30.0 Å². The average molecular weight is 480 g/mol. The number of nitrogens with two attached hydrogens (primary N) is 2. The molecule has 5 N–H and O–H groups in total. The number of hydrogen-bond acceptors (Lipinski definition) is 8. The monoisotopic (exact) mass is 479 g/mol. The first-order chi connectivity index (χ1) is 14.7. The van der Waals surface area contributed by atoms with Crippen LogP contribution >= 0.6 is 11.6 Å². The first-order valence-corrected chi connectivity index (χ1v) is 9.09. The fourth-order valence-corrected chi connectivity index (χ4v) is 3.06. The third-order valence-corrected chi connectivity index (χ3v) is 4.77. The van der Waals surface area contributed by atoms with Gasteiger partial charge in [-0.15, -0.1) is 0 Å². The van der Waals surface area contributed by atoms with Crippen molar-refractivity contribution in [1.29, 1.82) is 0 Å². The fraction of sp³-hybridized carbons (Fsp3) is 0.353. The van der Waals surface area contributed by atoms with Gasteiger partial charge in [-0.2, -0.15) is 17.6 Å². The molecule has 172 valence electrons. The molecular formula is C17H15ClF5N7O2. The molecule has 0 aromatic carbocycles. The molecule has 0 bridgehead atoms. The summed E-state index contributed by atoms with van der Waals surface area (Å²) < 4.78 is 74.9. The Balaban J connectivity index is 1.98. The summed E-state index contributed by atoms with van der Waals surface area (Å²) in [6.07, 6.45) is 0. The fourth-order valence-electron chi connectivity index (χ4n) is 2.77. The average Bonchev–Trinajstić information content (AvgIpc) is 2.67. The number of nitrogen functional groups attached to an aromatic ring is 1. The Morgan fingerprint density at radius 2 is 1.91 bits per heavy atom. The van der Waals surface area contributed by atoms with Crippen LogP contribution in [-0.4, -0.2) is 39.4 Å². The third kappa shape index (κ3) is 4.09. The number of amides is 1. The van der Waals surface area contributed by atoms with Crippen LogP contribution in [0.1, 0.15) is 35.7 Å². The molecule has 0 aliphatic carbocycles. The summed E-state index contributed by atoms with van der Waals surface area (Å²) in [5.74, 6) is -10.5. The SMILES string of the molecule is CC(F)(F)c1nc(N)c(C(=O)Nc2ccc(F)c(C3(C)N=C(N)OCC3(F)F)n2)nc1Cl. The van der Waals surface area contributed by atoms with Crippen molar-refractivity contribution in [1.82, 2.24) is 15.0 Å². The van der Waals surface area contributed by atoms with Crippen molar-refractivity contribution in [2.75, 3.05) is 17.7 Å². The summed E-state index contributed by atoms with van der Waals surface area (Å²) in [6.45, 7) is 0.232. The van der Waals surface area contributed by atoms with Gasteiger partial charge in [0.05, 0.1) is 0 Å². The van der Waals surface area contributed by atoms with Gasteiger partial charge >= 0.3 is 5.92 Å². The van der Waals surface area contributed by atoms with Gasteiger partial charge in [0.1, 0.15) is 23.0 Å². The first-order valence-electron chi connectivity index (χ1n) is 8.71. The summed E-state index contributed by atoms with van der Waals surface area (Å²) >= 11 is 5.67. The Kier molecular flexibility index (Phi) is 5.62. The van der Waals surface area contributed by atoms with Crippen LogP contribution in [-0.2, 0) is 16.2 Å². The molecule has 2 aromatic rings. The van der Waals surface area contributed by atoms with E-state index in [9.17, 15) is 26.7 Å². The van der Waals surface area contributed by atoms with Gasteiger partial charge in [-0.3, -0.25) is 4.79 Å². The molecule has 2 aromatic heterocycles. The minimum Gasteiger partial charge on any atom is -0.459 e. The molecule has 9 nitrogen and oxygen atoms in total. The Labute approximate surface area is 182 Å². The Bertz CT molecular complexity index is 1130. The molecular weight excluding hydrogens is 465 g/mol. The normalized spacial score (nSPS) is 20.3. The second kappa shape index (κ2) is 7.69. The zero-order chi connectivity index (χ0) is 24.1. The number of aromatic nitrogens is 3. The lowest BCUT2D eigenvalue weighted by Gasteiger charge is -2.36. The molecule has 0 saturated carbocycles. The second-order valence-electron chi connectivity index (χ2n) is 6.98. The van der Waals surface area contributed by atoms with Crippen LogP contribution < -0.4 is 16.8 Å². The van der Waals surface area contributed by atoms with E-state index in [1.807, 2.05) is 0 Å². The maximum Gasteiger partial charge on any atom is 0.311 e. The van der Waals surface area contributed by atoms with Crippen molar-refractivity contribution in [2.24, 2.45) is 10.7 Å². The molecule has 3 rings (SSSR count). The number of nitrogens with zero attached hydrogens (tertiary/aromatic N) is 4. The summed E-state index contributed by atoms with van der Waals surface area (Å²) in [4.78, 5) is 26.6. The number of ether oxygens (including phenoxy) is 1. The highest BCUT2D eigenvalue weighted by Gasteiger charge is 2.57. The lowest BCUT2D eigenvalue weighted by Crippen LogP contribution is -2.51. The van der Waals surface area contributed by atoms with E-state index in [4.69, 9.17) is 23.1 Å². The van der Waals surface area contributed by atoms with Crippen molar-refractivity contribution in [3.63, 3.8) is 0 Å². The van der Waals surface area contributed by atoms with Gasteiger partial charge < -0.3 is 21.5 Å². The van der Waals surface area contributed by atoms with Gasteiger partial charge in [-0.05, 0) is 19.1 Å². The van der Waals surface area contributed by atoms with Gasteiger partial charge in [0.15, 0.2) is 28.8 Å². The van der Waals surface area contributed by atoms with Gasteiger partial charge in [-0.1, -0.05) is 11.6 Å². The predicted octanol–water partition coefficient (Wildman–Crippen LogP) is 2.81. The molecule has 1 amide bonds. The lowest BCUT2D eigenvalue weighted by molar-refractivity contribution is -0.118. The molecule has 0 radical (unpaired) electrons. The Hall–Kier alpha value is -3.29. The van der Waals surface area contributed by atoms with Crippen LogP contribution in [0.15, 0.2) is 17.1 Å². The summed E-state index contributed by atoms with van der Waals surface area (Å²) in [7, 11) is 0. The maximum atomic E-state index is 14.5. The third-order valence-electron chi connectivity index (χ3n) is 4.51. The largest absolute Gasteiger partial charge is 0.459 e. The minimum absolute atomic E-state index is 0.397. The number of hydrogen-bond donors (Lipinski definition) is 3. The smallest absolute Gasteiger partial charge is 0.311 e. The van der Waals surface area contributed by atoms with Crippen molar-refractivity contribution in [2.45, 2.75) is 31.2 Å². The van der Waals surface area contributed by atoms with E-state index < -0.39 is 75.6 Å². The zero-order valence-corrected chi connectivity index (χ0v) is 17.1. The van der Waals surface area contributed by atoms with E-state index >= 15 is 0 Å². The number of pyridine rings is 1. The van der Waals surface area contributed by atoms with Gasteiger partial charge in [-0.25, -0.2) is 24.3 Å². The quantitative estimate of drug-likeness (QED) is 0.572. The van der Waals surface area contributed by atoms with Crippen LogP contribution in [0.2, 0.25) is 5.15 Å². The van der Waals surface area contributed by atoms with E-state index in [0.29, 0.717) is 6.92 Å². The Morgan fingerprint density at radius 3 is 2.53 bits per heavy atom. The number of amidine groups is 1. The second-order valence-corrected chi connectivity index (χ2v) is 7.34. The number of nitrogens with one attached hydrogen (secondary N) is 1. The maximum absolute atomic E-state index is 14.5. The van der Waals surface area contributed by atoms with Crippen LogP contribution in [0.5, 0.6) is 0 Å². The van der Waals surface area contributed by atoms with Crippen molar-refractivity contribution >= 4 is 35.2 Å². The molecule has 0 saturated heterocycles. The number of aliphatic imine (C=N–C) groups is 1. The number of halogens is 6. The lowest BCUT2D eigenvalue weighted by atomic mass is 9.89. The van der Waals surface area contributed by atoms with Gasteiger partial charge in [0.2, 0.25) is 0 Å². The molecule has 3 heterocycles. The van der Waals surface area contributed by atoms with E-state index in [1.165, 1.54) is 0 Å². The highest BCUT2D eigenvalue weighted by molar-refractivity contribution is 6.30. The molecule has 0 fully saturated rings. The number of alkyl halides is 4. The van der Waals surface area contributed by atoms with Crippen LogP contribution in [0, 0.1) is 5.82 Å². The molecule has 1 atom stereocenters. The molecule has 1 aliphatic rings. The van der Waals surface area contributed by atoms with Crippen molar-refractivity contribution in [3.05, 3.63) is 40.2 Å². The molecule has 15 heteroatoms. The Morgan fingerprint density at radius 1 is 1.25 bits per heavy atom. The van der Waals surface area contributed by atoms with Crippen LogP contribution in [0.3, 0.4) is 0 Å². The highest BCUT2D eigenvalue weighted by atomic mass is 35.5. The van der Waals surface area contributed by atoms with E-state index in [-0.39, 0.29) is 0 Å². The standard InChI is InChI=1S/C17H15ClF5N7O2/c1-15(17(22,23)5-32-14(25)30-15)9-6(19)3-4-7(26-9)27-13(31)8-12(24)29-10(11(18)28-8)16(2,20)21/h3-4H,5H2,1-2H3,(H2,24,29)(H2,25,30)(H,26,27,31). The first kappa shape index (κ1) is 23.4. The summed E-state index contributed by atoms with van der Waals surface area (Å²) in [6, 6.07) is 1.13. The molecule has 1 unspecified atom stereocenters. The number of anilines is 2. The van der Waals surface area contributed by atoms with Crippen LogP contribution in [0.4, 0.5) is 33.6 Å². The van der Waals surface area contributed by atoms with Crippen molar-refractivity contribution in [3.8, 4) is 0 Å². The number of rotatable bonds is 4. The van der Waals surface area contributed by atoms with Gasteiger partial charge in [0.25, 0.3) is 17.9 Å². The number of carbonyl (C=O) groups is 1. The summed E-state index contributed by atoms with van der Waals surface area (Å²) in [5.41, 5.74) is 5.94. The number of carbonyl (C=O) groups excluding carboxylic acids is 1. The topological polar surface area (TPSA) is 141 Å². The van der Waals surface area contributed by atoms with Crippen LogP contribution in [0.25, 0.3) is 0 Å². The van der Waals surface area contributed by atoms with E-state index in [0.717, 1.165) is 19.1 Å². The van der Waals surface area contributed by atoms with Crippen molar-refractivity contribution < 1.29 is 31.5 Å². The molecule has 32 heavy (non-hydrogen) atoms. The summed E-state index contributed by atoms with van der Waals surface area (Å²) in [5, 5.41) is 1.37. The minimum atomic E-state index is -3.70. The van der Waals surface area contributed by atoms with E-state index in [1.54, 1.807) is 0 Å². The molecule has 1 aliphatic heterocycles. The zero-order valence-electron chi connectivity index (χ0n) is 16.4.